The van der Waals surface area contributed by atoms with Crippen molar-refractivity contribution in [2.75, 3.05) is 62.1 Å². The first-order chi connectivity index (χ1) is 8.41. The van der Waals surface area contributed by atoms with E-state index in [0.29, 0.717) is 6.10 Å². The third kappa shape index (κ3) is 4.01. The zero-order chi connectivity index (χ0) is 13.8. The molecule has 5 nitrogen and oxygen atoms in total. The van der Waals surface area contributed by atoms with E-state index in [1.807, 2.05) is 0 Å². The lowest BCUT2D eigenvalue weighted by Gasteiger charge is -2.46. The van der Waals surface area contributed by atoms with Gasteiger partial charge in [-0.05, 0) is 54.8 Å². The summed E-state index contributed by atoms with van der Waals surface area (Å²) in [4.78, 5) is 0. The first-order valence-electron chi connectivity index (χ1n) is 6.63. The van der Waals surface area contributed by atoms with Gasteiger partial charge in [0.2, 0.25) is 0 Å². The molecule has 0 aromatic rings. The zero-order valence-corrected chi connectivity index (χ0v) is 13.8. The van der Waals surface area contributed by atoms with Crippen molar-refractivity contribution >= 4 is 8.56 Å². The van der Waals surface area contributed by atoms with E-state index < -0.39 is 8.56 Å². The quantitative estimate of drug-likeness (QED) is 0.346. The van der Waals surface area contributed by atoms with Crippen LogP contribution in [0.4, 0.5) is 0 Å². The summed E-state index contributed by atoms with van der Waals surface area (Å²) in [6.07, 6.45) is 1.48. The second-order valence-corrected chi connectivity index (χ2v) is 10.3. The molecule has 1 unspecified atom stereocenters. The smallest absolute Gasteiger partial charge is 0.288 e. The standard InChI is InChI=1S/C12H29N3O2Si/c1-13(2)18(14(3)4,15(5)6)9-7-8-16-10-12-11-17-12/h12H,7-11H2,1-6H3. The average Bonchev–Trinajstić information content (AvgIpc) is 3.05. The SMILES string of the molecule is CN(C)[Si](CCCOCC1CO1)(N(C)C)N(C)C. The number of epoxide rings is 1. The molecule has 1 saturated heterocycles. The van der Waals surface area contributed by atoms with Crippen LogP contribution in [-0.2, 0) is 9.47 Å². The molecular formula is C12H29N3O2Si. The van der Waals surface area contributed by atoms with Crippen molar-refractivity contribution in [2.24, 2.45) is 0 Å². The van der Waals surface area contributed by atoms with E-state index in [-0.39, 0.29) is 0 Å². The minimum absolute atomic E-state index is 0.378. The Balaban J connectivity index is 2.38. The van der Waals surface area contributed by atoms with Crippen LogP contribution in [-0.4, -0.2) is 90.5 Å². The van der Waals surface area contributed by atoms with Gasteiger partial charge in [0.15, 0.2) is 0 Å². The van der Waals surface area contributed by atoms with Gasteiger partial charge < -0.3 is 23.2 Å². The molecule has 1 fully saturated rings. The Morgan fingerprint density at radius 1 is 1.06 bits per heavy atom. The number of ether oxygens (including phenoxy) is 2. The van der Waals surface area contributed by atoms with E-state index >= 15 is 0 Å². The number of nitrogens with zero attached hydrogens (tertiary/aromatic N) is 3. The maximum Gasteiger partial charge on any atom is 0.288 e. The molecule has 0 aliphatic carbocycles. The monoisotopic (exact) mass is 275 g/mol. The second-order valence-electron chi connectivity index (χ2n) is 5.59. The molecule has 18 heavy (non-hydrogen) atoms. The molecule has 1 aliphatic rings. The normalized spacial score (nSPS) is 20.2. The highest BCUT2D eigenvalue weighted by Crippen LogP contribution is 2.20. The molecule has 0 saturated carbocycles. The molecule has 0 aromatic carbocycles. The van der Waals surface area contributed by atoms with Crippen LogP contribution in [0.2, 0.25) is 6.04 Å². The molecule has 6 heteroatoms. The van der Waals surface area contributed by atoms with E-state index in [9.17, 15) is 0 Å². The summed E-state index contributed by atoms with van der Waals surface area (Å²) in [5.41, 5.74) is 0. The zero-order valence-electron chi connectivity index (χ0n) is 12.8. The average molecular weight is 275 g/mol. The van der Waals surface area contributed by atoms with Crippen molar-refractivity contribution in [3.8, 4) is 0 Å². The van der Waals surface area contributed by atoms with E-state index in [0.717, 1.165) is 26.2 Å². The van der Waals surface area contributed by atoms with Crippen LogP contribution in [0.15, 0.2) is 0 Å². The number of hydrogen-bond acceptors (Lipinski definition) is 5. The van der Waals surface area contributed by atoms with Gasteiger partial charge >= 0.3 is 0 Å². The Hall–Kier alpha value is 0.0169. The summed E-state index contributed by atoms with van der Waals surface area (Å²) in [6, 6.07) is 1.19. The summed E-state index contributed by atoms with van der Waals surface area (Å²) >= 11 is 0. The van der Waals surface area contributed by atoms with Crippen molar-refractivity contribution in [1.82, 2.24) is 13.7 Å². The Labute approximate surface area is 113 Å². The minimum Gasteiger partial charge on any atom is -0.379 e. The molecule has 1 atom stereocenters. The van der Waals surface area contributed by atoms with Crippen molar-refractivity contribution < 1.29 is 9.47 Å². The Kier molecular flexibility index (Phi) is 6.23. The highest BCUT2D eigenvalue weighted by atomic mass is 28.4. The van der Waals surface area contributed by atoms with Crippen LogP contribution >= 0.6 is 0 Å². The lowest BCUT2D eigenvalue weighted by Crippen LogP contribution is -2.69. The summed E-state index contributed by atoms with van der Waals surface area (Å²) in [7, 11) is 11.4. The number of hydrogen-bond donors (Lipinski definition) is 0. The Bertz CT molecular complexity index is 224. The molecule has 0 aromatic heterocycles. The van der Waals surface area contributed by atoms with Gasteiger partial charge in [0.25, 0.3) is 8.56 Å². The lowest BCUT2D eigenvalue weighted by atomic mass is 10.5. The fraction of sp³-hybridized carbons (Fsp3) is 1.00. The molecule has 0 radical (unpaired) electrons. The van der Waals surface area contributed by atoms with Crippen LogP contribution in [0.25, 0.3) is 0 Å². The number of rotatable bonds is 9. The van der Waals surface area contributed by atoms with E-state index in [2.05, 4.69) is 56.0 Å². The van der Waals surface area contributed by atoms with Gasteiger partial charge in [0.05, 0.1) is 13.2 Å². The molecular weight excluding hydrogens is 246 g/mol. The topological polar surface area (TPSA) is 31.5 Å². The molecule has 0 N–H and O–H groups in total. The first-order valence-corrected chi connectivity index (χ1v) is 8.67. The van der Waals surface area contributed by atoms with Crippen molar-refractivity contribution in [3.63, 3.8) is 0 Å². The van der Waals surface area contributed by atoms with E-state index in [1.54, 1.807) is 0 Å². The molecule has 0 amide bonds. The Morgan fingerprint density at radius 3 is 1.94 bits per heavy atom. The highest BCUT2D eigenvalue weighted by molar-refractivity contribution is 6.71. The van der Waals surface area contributed by atoms with Crippen LogP contribution in [0, 0.1) is 0 Å². The van der Waals surface area contributed by atoms with Gasteiger partial charge in [-0.2, -0.15) is 0 Å². The molecule has 108 valence electrons. The maximum absolute atomic E-state index is 5.63. The summed E-state index contributed by atoms with van der Waals surface area (Å²) in [5, 5.41) is 0. The molecule has 0 spiro atoms. The van der Waals surface area contributed by atoms with Crippen molar-refractivity contribution in [3.05, 3.63) is 0 Å². The van der Waals surface area contributed by atoms with Gasteiger partial charge in [0, 0.05) is 6.61 Å². The molecule has 1 rings (SSSR count). The van der Waals surface area contributed by atoms with Gasteiger partial charge in [-0.3, -0.25) is 0 Å². The summed E-state index contributed by atoms with van der Waals surface area (Å²) < 4.78 is 18.0. The molecule has 1 aliphatic heterocycles. The second kappa shape index (κ2) is 6.98. The highest BCUT2D eigenvalue weighted by Gasteiger charge is 2.41. The van der Waals surface area contributed by atoms with Crippen LogP contribution in [0.3, 0.4) is 0 Å². The van der Waals surface area contributed by atoms with E-state index in [4.69, 9.17) is 9.47 Å². The lowest BCUT2D eigenvalue weighted by molar-refractivity contribution is 0.116. The van der Waals surface area contributed by atoms with Crippen LogP contribution in [0.1, 0.15) is 6.42 Å². The van der Waals surface area contributed by atoms with Crippen molar-refractivity contribution in [1.29, 1.82) is 0 Å². The Morgan fingerprint density at radius 2 is 1.56 bits per heavy atom. The predicted octanol–water partition coefficient (Wildman–Crippen LogP) is 0.416. The molecule has 1 heterocycles. The van der Waals surface area contributed by atoms with Crippen LogP contribution < -0.4 is 0 Å². The van der Waals surface area contributed by atoms with Gasteiger partial charge in [-0.15, -0.1) is 0 Å². The van der Waals surface area contributed by atoms with Gasteiger partial charge in [-0.1, -0.05) is 0 Å². The maximum atomic E-state index is 5.63. The fourth-order valence-electron chi connectivity index (χ4n) is 2.66. The summed E-state index contributed by atoms with van der Waals surface area (Å²) in [5.74, 6) is 0. The van der Waals surface area contributed by atoms with Gasteiger partial charge in [0.1, 0.15) is 6.10 Å². The van der Waals surface area contributed by atoms with Crippen LogP contribution in [0.5, 0.6) is 0 Å². The summed E-state index contributed by atoms with van der Waals surface area (Å²) in [6.45, 7) is 2.48. The fourth-order valence-corrected chi connectivity index (χ4v) is 7.02. The van der Waals surface area contributed by atoms with Crippen molar-refractivity contribution in [2.45, 2.75) is 18.6 Å². The largest absolute Gasteiger partial charge is 0.379 e. The first kappa shape index (κ1) is 16.1. The van der Waals surface area contributed by atoms with E-state index in [1.165, 1.54) is 6.04 Å². The van der Waals surface area contributed by atoms with Gasteiger partial charge in [-0.25, -0.2) is 0 Å². The molecule has 0 bridgehead atoms. The third-order valence-electron chi connectivity index (χ3n) is 3.66. The third-order valence-corrected chi connectivity index (χ3v) is 8.98. The minimum atomic E-state index is -1.70. The predicted molar refractivity (Wildman–Crippen MR) is 76.8 cm³/mol.